The molecule has 2 atom stereocenters. The van der Waals surface area contributed by atoms with Crippen LogP contribution >= 0.6 is 0 Å². The van der Waals surface area contributed by atoms with Crippen LogP contribution in [0.3, 0.4) is 0 Å². The zero-order valence-corrected chi connectivity index (χ0v) is 16.5. The zero-order chi connectivity index (χ0) is 20.5. The molecule has 2 aromatic carbocycles. The topological polar surface area (TPSA) is 108 Å². The number of hydrazine groups is 1. The molecule has 2 amide bonds. The van der Waals surface area contributed by atoms with Gasteiger partial charge in [0, 0.05) is 19.0 Å². The summed E-state index contributed by atoms with van der Waals surface area (Å²) in [6.07, 6.45) is 3.65. The Morgan fingerprint density at radius 3 is 2.52 bits per heavy atom. The Morgan fingerprint density at radius 1 is 0.966 bits per heavy atom. The van der Waals surface area contributed by atoms with E-state index in [0.717, 1.165) is 25.7 Å². The molecule has 7 nitrogen and oxygen atoms in total. The number of nitrogens with two attached hydrogens (primary N) is 1. The molecule has 1 aliphatic heterocycles. The number of nitrogen functional groups attached to an aromatic ring is 1. The van der Waals surface area contributed by atoms with Crippen molar-refractivity contribution in [3.05, 3.63) is 60.2 Å². The Balaban J connectivity index is 1.27. The minimum atomic E-state index is -0.234. The minimum Gasteiger partial charge on any atom is -0.397 e. The smallest absolute Gasteiger partial charge is 0.238 e. The third kappa shape index (κ3) is 6.30. The van der Waals surface area contributed by atoms with Crippen molar-refractivity contribution in [3.8, 4) is 0 Å². The summed E-state index contributed by atoms with van der Waals surface area (Å²) < 4.78 is 0. The van der Waals surface area contributed by atoms with E-state index in [1.165, 1.54) is 5.56 Å². The van der Waals surface area contributed by atoms with Crippen LogP contribution in [0, 0.1) is 0 Å². The first-order valence-corrected chi connectivity index (χ1v) is 10.1. The van der Waals surface area contributed by atoms with Gasteiger partial charge < -0.3 is 16.4 Å². The van der Waals surface area contributed by atoms with Gasteiger partial charge >= 0.3 is 0 Å². The van der Waals surface area contributed by atoms with Crippen LogP contribution in [0.2, 0.25) is 0 Å². The second-order valence-corrected chi connectivity index (χ2v) is 7.28. The van der Waals surface area contributed by atoms with Crippen LogP contribution in [0.5, 0.6) is 0 Å². The van der Waals surface area contributed by atoms with Gasteiger partial charge in [0.2, 0.25) is 11.8 Å². The van der Waals surface area contributed by atoms with Crippen molar-refractivity contribution >= 4 is 23.2 Å². The van der Waals surface area contributed by atoms with Crippen molar-refractivity contribution < 1.29 is 9.59 Å². The number of benzene rings is 2. The SMILES string of the molecule is Nc1ccccc1NC(=O)CCCCCNC(=O)C1CC(c2ccccc2)NN1. The quantitative estimate of drug-likeness (QED) is 0.331. The van der Waals surface area contributed by atoms with Crippen molar-refractivity contribution in [2.45, 2.75) is 44.2 Å². The number of para-hydroxylation sites is 2. The molecule has 1 aliphatic rings. The first kappa shape index (κ1) is 20.8. The molecule has 0 aromatic heterocycles. The maximum Gasteiger partial charge on any atom is 0.238 e. The Bertz CT molecular complexity index is 812. The number of amides is 2. The number of carbonyl (C=O) groups excluding carboxylic acids is 2. The molecular formula is C22H29N5O2. The Hall–Kier alpha value is -2.90. The number of carbonyl (C=O) groups is 2. The number of unbranched alkanes of at least 4 members (excludes halogenated alkanes) is 2. The van der Waals surface area contributed by atoms with E-state index in [4.69, 9.17) is 5.73 Å². The van der Waals surface area contributed by atoms with Gasteiger partial charge in [-0.2, -0.15) is 0 Å². The van der Waals surface area contributed by atoms with Crippen molar-refractivity contribution in [3.63, 3.8) is 0 Å². The maximum atomic E-state index is 12.3. The average molecular weight is 396 g/mol. The normalized spacial score (nSPS) is 18.3. The number of hydrogen-bond donors (Lipinski definition) is 5. The lowest BCUT2D eigenvalue weighted by Crippen LogP contribution is -2.43. The fourth-order valence-corrected chi connectivity index (χ4v) is 3.38. The van der Waals surface area contributed by atoms with Gasteiger partial charge in [-0.3, -0.25) is 9.59 Å². The van der Waals surface area contributed by atoms with E-state index in [2.05, 4.69) is 33.6 Å². The van der Waals surface area contributed by atoms with E-state index in [9.17, 15) is 9.59 Å². The van der Waals surface area contributed by atoms with Crippen LogP contribution in [0.25, 0.3) is 0 Å². The van der Waals surface area contributed by atoms with Crippen LogP contribution in [-0.4, -0.2) is 24.4 Å². The summed E-state index contributed by atoms with van der Waals surface area (Å²) in [5.74, 6) is -0.0339. The third-order valence-electron chi connectivity index (χ3n) is 5.04. The monoisotopic (exact) mass is 395 g/mol. The lowest BCUT2D eigenvalue weighted by molar-refractivity contribution is -0.123. The highest BCUT2D eigenvalue weighted by molar-refractivity contribution is 5.93. The van der Waals surface area contributed by atoms with Gasteiger partial charge in [-0.05, 0) is 37.0 Å². The second kappa shape index (κ2) is 10.6. The van der Waals surface area contributed by atoms with Gasteiger partial charge in [-0.15, -0.1) is 0 Å². The van der Waals surface area contributed by atoms with E-state index < -0.39 is 0 Å². The molecule has 1 heterocycles. The summed E-state index contributed by atoms with van der Waals surface area (Å²) in [6.45, 7) is 0.611. The van der Waals surface area contributed by atoms with Crippen LogP contribution in [0.1, 0.15) is 43.7 Å². The highest BCUT2D eigenvalue weighted by Crippen LogP contribution is 2.21. The van der Waals surface area contributed by atoms with Crippen molar-refractivity contribution in [2.75, 3.05) is 17.6 Å². The molecule has 0 bridgehead atoms. The molecule has 0 spiro atoms. The van der Waals surface area contributed by atoms with Gasteiger partial charge in [0.05, 0.1) is 11.4 Å². The lowest BCUT2D eigenvalue weighted by atomic mass is 10.0. The molecule has 7 heteroatoms. The van der Waals surface area contributed by atoms with E-state index in [-0.39, 0.29) is 23.9 Å². The molecule has 2 unspecified atom stereocenters. The van der Waals surface area contributed by atoms with Gasteiger partial charge in [-0.25, -0.2) is 10.9 Å². The molecule has 0 radical (unpaired) electrons. The number of rotatable bonds is 9. The standard InChI is InChI=1S/C22H29N5O2/c23-17-11-6-7-12-18(17)25-21(28)13-5-2-8-14-24-22(29)20-15-19(26-27-20)16-9-3-1-4-10-16/h1,3-4,6-7,9-12,19-20,26-27H,2,5,8,13-15,23H2,(H,24,29)(H,25,28). The molecule has 0 aliphatic carbocycles. The molecule has 1 saturated heterocycles. The minimum absolute atomic E-state index is 0.00762. The third-order valence-corrected chi connectivity index (χ3v) is 5.04. The Kier molecular flexibility index (Phi) is 7.61. The molecule has 2 aromatic rings. The summed E-state index contributed by atoms with van der Waals surface area (Å²) in [5.41, 5.74) is 14.5. The van der Waals surface area contributed by atoms with Crippen LogP contribution in [0.15, 0.2) is 54.6 Å². The fourth-order valence-electron chi connectivity index (χ4n) is 3.38. The molecule has 1 fully saturated rings. The fraction of sp³-hybridized carbons (Fsp3) is 0.364. The van der Waals surface area contributed by atoms with Crippen molar-refractivity contribution in [1.82, 2.24) is 16.2 Å². The molecule has 3 rings (SSSR count). The Morgan fingerprint density at radius 2 is 1.72 bits per heavy atom. The first-order valence-electron chi connectivity index (χ1n) is 10.1. The van der Waals surface area contributed by atoms with Crippen LogP contribution in [-0.2, 0) is 9.59 Å². The van der Waals surface area contributed by atoms with Gasteiger partial charge in [-0.1, -0.05) is 48.9 Å². The van der Waals surface area contributed by atoms with Gasteiger partial charge in [0.25, 0.3) is 0 Å². The van der Waals surface area contributed by atoms with Crippen molar-refractivity contribution in [1.29, 1.82) is 0 Å². The predicted molar refractivity (Wildman–Crippen MR) is 115 cm³/mol. The average Bonchev–Trinajstić information content (AvgIpc) is 3.23. The number of hydrogen-bond acceptors (Lipinski definition) is 5. The molecule has 6 N–H and O–H groups in total. The van der Waals surface area contributed by atoms with E-state index in [1.54, 1.807) is 12.1 Å². The van der Waals surface area contributed by atoms with Crippen LogP contribution in [0.4, 0.5) is 11.4 Å². The van der Waals surface area contributed by atoms with E-state index >= 15 is 0 Å². The summed E-state index contributed by atoms with van der Waals surface area (Å²) in [7, 11) is 0. The van der Waals surface area contributed by atoms with Crippen LogP contribution < -0.4 is 27.2 Å². The number of nitrogens with one attached hydrogen (secondary N) is 4. The summed E-state index contributed by atoms with van der Waals surface area (Å²) >= 11 is 0. The van der Waals surface area contributed by atoms with Crippen molar-refractivity contribution in [2.24, 2.45) is 0 Å². The summed E-state index contributed by atoms with van der Waals surface area (Å²) in [5, 5.41) is 5.80. The highest BCUT2D eigenvalue weighted by Gasteiger charge is 2.29. The zero-order valence-electron chi connectivity index (χ0n) is 16.5. The maximum absolute atomic E-state index is 12.3. The second-order valence-electron chi connectivity index (χ2n) is 7.28. The molecule has 0 saturated carbocycles. The molecular weight excluding hydrogens is 366 g/mol. The van der Waals surface area contributed by atoms with E-state index in [0.29, 0.717) is 24.3 Å². The van der Waals surface area contributed by atoms with Gasteiger partial charge in [0.1, 0.15) is 6.04 Å². The molecule has 29 heavy (non-hydrogen) atoms. The summed E-state index contributed by atoms with van der Waals surface area (Å²) in [4.78, 5) is 24.3. The largest absolute Gasteiger partial charge is 0.397 e. The van der Waals surface area contributed by atoms with Gasteiger partial charge in [0.15, 0.2) is 0 Å². The lowest BCUT2D eigenvalue weighted by Gasteiger charge is -2.11. The first-order chi connectivity index (χ1) is 14.1. The number of anilines is 2. The predicted octanol–water partition coefficient (Wildman–Crippen LogP) is 2.49. The highest BCUT2D eigenvalue weighted by atomic mass is 16.2. The summed E-state index contributed by atoms with van der Waals surface area (Å²) in [6, 6.07) is 17.2. The Labute approximate surface area is 171 Å². The van der Waals surface area contributed by atoms with E-state index in [1.807, 2.05) is 30.3 Å². The molecule has 154 valence electrons.